The van der Waals surface area contributed by atoms with E-state index in [0.717, 1.165) is 5.56 Å². The third kappa shape index (κ3) is 7.76. The molecule has 186 valence electrons. The van der Waals surface area contributed by atoms with Gasteiger partial charge in [-0.1, -0.05) is 49.3 Å². The highest BCUT2D eigenvalue weighted by Gasteiger charge is 2.34. The van der Waals surface area contributed by atoms with Gasteiger partial charge in [-0.2, -0.15) is 0 Å². The third-order valence-corrected chi connectivity index (χ3v) is 7.09. The Hall–Kier alpha value is -2.47. The molecule has 0 radical (unpaired) electrons. The number of nitrogens with zero attached hydrogens (tertiary/aromatic N) is 1. The van der Waals surface area contributed by atoms with E-state index in [1.165, 1.54) is 17.8 Å². The largest absolute Gasteiger partial charge is 0.444 e. The maximum atomic E-state index is 15.0. The van der Waals surface area contributed by atoms with Gasteiger partial charge in [-0.3, -0.25) is 4.79 Å². The number of hydrogen-bond acceptors (Lipinski definition) is 4. The zero-order valence-corrected chi connectivity index (χ0v) is 23.4. The number of fused-ring (bicyclic) bond motifs is 1. The molecular formula is C26H30ClFN2O3SSi. The van der Waals surface area contributed by atoms with Crippen LogP contribution >= 0.6 is 23.4 Å². The van der Waals surface area contributed by atoms with Crippen LogP contribution in [0, 0.1) is 17.3 Å². The van der Waals surface area contributed by atoms with E-state index in [0.29, 0.717) is 15.6 Å². The van der Waals surface area contributed by atoms with E-state index in [1.54, 1.807) is 43.9 Å². The van der Waals surface area contributed by atoms with Gasteiger partial charge in [0.1, 0.15) is 25.5 Å². The predicted molar refractivity (Wildman–Crippen MR) is 143 cm³/mol. The molecule has 1 aliphatic rings. The fourth-order valence-corrected chi connectivity index (χ4v) is 4.97. The second-order valence-corrected chi connectivity index (χ2v) is 16.6. The number of carbonyl (C=O) groups is 2. The van der Waals surface area contributed by atoms with Crippen molar-refractivity contribution in [3.05, 3.63) is 58.4 Å². The van der Waals surface area contributed by atoms with Gasteiger partial charge in [0.2, 0.25) is 0 Å². The molecule has 0 saturated heterocycles. The van der Waals surface area contributed by atoms with E-state index in [9.17, 15) is 14.0 Å². The van der Waals surface area contributed by atoms with Crippen LogP contribution < -0.4 is 10.2 Å². The van der Waals surface area contributed by atoms with E-state index in [1.807, 2.05) is 12.1 Å². The van der Waals surface area contributed by atoms with Gasteiger partial charge in [-0.15, -0.1) is 17.3 Å². The highest BCUT2D eigenvalue weighted by Crippen LogP contribution is 2.37. The van der Waals surface area contributed by atoms with Gasteiger partial charge in [-0.25, -0.2) is 9.18 Å². The van der Waals surface area contributed by atoms with Crippen molar-refractivity contribution in [2.75, 3.05) is 10.7 Å². The van der Waals surface area contributed by atoms with Crippen LogP contribution in [0.1, 0.15) is 31.9 Å². The van der Waals surface area contributed by atoms with Gasteiger partial charge >= 0.3 is 6.09 Å². The molecule has 1 heterocycles. The molecular weight excluding hydrogens is 503 g/mol. The SMILES string of the molecule is CC(C)(C)OC(=O)N[C@H]1CSc2cc(F)c(C#C[Si](C)(C)C)cc2N(Cc2ccc(Cl)cc2)C1=O. The minimum absolute atomic E-state index is 0.225. The van der Waals surface area contributed by atoms with Gasteiger partial charge in [0.15, 0.2) is 0 Å². The van der Waals surface area contributed by atoms with Crippen LogP contribution in [-0.4, -0.2) is 37.5 Å². The molecule has 0 aliphatic carbocycles. The lowest BCUT2D eigenvalue weighted by atomic mass is 10.1. The summed E-state index contributed by atoms with van der Waals surface area (Å²) in [6.07, 6.45) is -0.679. The van der Waals surface area contributed by atoms with E-state index >= 15 is 0 Å². The molecule has 1 atom stereocenters. The summed E-state index contributed by atoms with van der Waals surface area (Å²) in [5, 5.41) is 3.27. The molecule has 0 aromatic heterocycles. The molecule has 2 amide bonds. The number of alkyl carbamates (subject to hydrolysis) is 1. The molecule has 2 aromatic carbocycles. The molecule has 35 heavy (non-hydrogen) atoms. The molecule has 1 N–H and O–H groups in total. The lowest BCUT2D eigenvalue weighted by Gasteiger charge is -2.27. The maximum absolute atomic E-state index is 15.0. The molecule has 1 aliphatic heterocycles. The Bertz CT molecular complexity index is 1180. The average Bonchev–Trinajstić information content (AvgIpc) is 2.84. The van der Waals surface area contributed by atoms with Crippen molar-refractivity contribution in [3.63, 3.8) is 0 Å². The summed E-state index contributed by atoms with van der Waals surface area (Å²) >= 11 is 7.35. The Morgan fingerprint density at radius 2 is 1.91 bits per heavy atom. The minimum atomic E-state index is -1.74. The van der Waals surface area contributed by atoms with Crippen LogP contribution in [0.2, 0.25) is 24.7 Å². The first-order valence-electron chi connectivity index (χ1n) is 11.3. The van der Waals surface area contributed by atoms with Gasteiger partial charge < -0.3 is 15.0 Å². The maximum Gasteiger partial charge on any atom is 0.408 e. The number of rotatable bonds is 3. The van der Waals surface area contributed by atoms with Crippen molar-refractivity contribution >= 4 is 49.1 Å². The van der Waals surface area contributed by atoms with Crippen molar-refractivity contribution in [3.8, 4) is 11.5 Å². The average molecular weight is 533 g/mol. The molecule has 0 unspecified atom stereocenters. The van der Waals surface area contributed by atoms with E-state index in [2.05, 4.69) is 36.4 Å². The van der Waals surface area contributed by atoms with Crippen molar-refractivity contribution in [2.24, 2.45) is 0 Å². The van der Waals surface area contributed by atoms with Crippen molar-refractivity contribution in [1.29, 1.82) is 0 Å². The van der Waals surface area contributed by atoms with E-state index in [-0.39, 0.29) is 23.8 Å². The molecule has 2 aromatic rings. The third-order valence-electron chi connectivity index (χ3n) is 4.83. The normalized spacial score (nSPS) is 16.1. The van der Waals surface area contributed by atoms with Crippen molar-refractivity contribution < 1.29 is 18.7 Å². The van der Waals surface area contributed by atoms with Gasteiger partial charge in [0, 0.05) is 15.7 Å². The number of anilines is 1. The lowest BCUT2D eigenvalue weighted by molar-refractivity contribution is -0.120. The summed E-state index contributed by atoms with van der Waals surface area (Å²) in [5.74, 6) is 2.48. The van der Waals surface area contributed by atoms with Gasteiger partial charge in [0.25, 0.3) is 5.91 Å². The fourth-order valence-electron chi connectivity index (χ4n) is 3.26. The Kier molecular flexibility index (Phi) is 8.25. The molecule has 0 saturated carbocycles. The highest BCUT2D eigenvalue weighted by molar-refractivity contribution is 7.99. The summed E-state index contributed by atoms with van der Waals surface area (Å²) in [5.41, 5.74) is 4.14. The van der Waals surface area contributed by atoms with E-state index < -0.39 is 31.6 Å². The molecule has 0 fully saturated rings. The Labute approximate surface area is 216 Å². The smallest absolute Gasteiger partial charge is 0.408 e. The highest BCUT2D eigenvalue weighted by atomic mass is 35.5. The van der Waals surface area contributed by atoms with Crippen LogP contribution in [0.15, 0.2) is 41.3 Å². The first kappa shape index (κ1) is 27.1. The Morgan fingerprint density at radius 3 is 2.51 bits per heavy atom. The molecule has 9 heteroatoms. The summed E-state index contributed by atoms with van der Waals surface area (Å²) in [4.78, 5) is 28.3. The van der Waals surface area contributed by atoms with Crippen LogP contribution in [0.25, 0.3) is 0 Å². The number of hydrogen-bond donors (Lipinski definition) is 1. The van der Waals surface area contributed by atoms with Crippen LogP contribution in [-0.2, 0) is 16.1 Å². The van der Waals surface area contributed by atoms with Crippen molar-refractivity contribution in [2.45, 2.75) is 63.5 Å². The van der Waals surface area contributed by atoms with Crippen molar-refractivity contribution in [1.82, 2.24) is 5.32 Å². The monoisotopic (exact) mass is 532 g/mol. The predicted octanol–water partition coefficient (Wildman–Crippen LogP) is 6.24. The molecule has 0 bridgehead atoms. The molecule has 3 rings (SSSR count). The minimum Gasteiger partial charge on any atom is -0.444 e. The quantitative estimate of drug-likeness (QED) is 0.375. The summed E-state index contributed by atoms with van der Waals surface area (Å²) in [6.45, 7) is 11.7. The number of nitrogens with one attached hydrogen (secondary N) is 1. The molecule has 0 spiro atoms. The number of amides is 2. The summed E-state index contributed by atoms with van der Waals surface area (Å²) in [6, 6.07) is 9.37. The van der Waals surface area contributed by atoms with Gasteiger partial charge in [-0.05, 0) is 50.6 Å². The zero-order valence-electron chi connectivity index (χ0n) is 20.8. The second-order valence-electron chi connectivity index (χ2n) is 10.4. The summed E-state index contributed by atoms with van der Waals surface area (Å²) in [7, 11) is -1.74. The number of thioether (sulfide) groups is 1. The first-order valence-corrected chi connectivity index (χ1v) is 16.1. The zero-order chi connectivity index (χ0) is 26.0. The summed E-state index contributed by atoms with van der Waals surface area (Å²) < 4.78 is 20.3. The number of carbonyl (C=O) groups excluding carboxylic acids is 2. The molecule has 5 nitrogen and oxygen atoms in total. The topological polar surface area (TPSA) is 58.6 Å². The van der Waals surface area contributed by atoms with Crippen LogP contribution in [0.3, 0.4) is 0 Å². The fraction of sp³-hybridized carbons (Fsp3) is 0.385. The lowest BCUT2D eigenvalue weighted by Crippen LogP contribution is -2.50. The number of ether oxygens (including phenoxy) is 1. The number of halogens is 2. The first-order chi connectivity index (χ1) is 16.2. The number of benzene rings is 2. The second kappa shape index (κ2) is 10.6. The van der Waals surface area contributed by atoms with Gasteiger partial charge in [0.05, 0.1) is 17.8 Å². The Morgan fingerprint density at radius 1 is 1.26 bits per heavy atom. The standard InChI is InChI=1S/C26H30ClFN2O3SSi/c1-26(2,3)33-25(32)29-21-16-34-23-14-20(28)18(11-12-35(4,5)6)13-22(23)30(24(21)31)15-17-7-9-19(27)10-8-17/h7-10,13-14,21H,15-16H2,1-6H3,(H,29,32)/t21-/m0/s1. The van der Waals surface area contributed by atoms with Crippen LogP contribution in [0.4, 0.5) is 14.9 Å². The van der Waals surface area contributed by atoms with Crippen LogP contribution in [0.5, 0.6) is 0 Å². The Balaban J connectivity index is 2.02. The van der Waals surface area contributed by atoms with E-state index in [4.69, 9.17) is 16.3 Å².